The Morgan fingerprint density at radius 1 is 1.07 bits per heavy atom. The van der Waals surface area contributed by atoms with Crippen molar-refractivity contribution in [3.8, 4) is 12.1 Å². The van der Waals surface area contributed by atoms with Crippen LogP contribution in [0.5, 0.6) is 0 Å². The van der Waals surface area contributed by atoms with Gasteiger partial charge in [-0.05, 0) is 28.8 Å². The van der Waals surface area contributed by atoms with Crippen molar-refractivity contribution >= 4 is 23.6 Å². The maximum atomic E-state index is 12.5. The van der Waals surface area contributed by atoms with Crippen LogP contribution in [0.1, 0.15) is 28.7 Å². The Bertz CT molecular complexity index is 1030. The summed E-state index contributed by atoms with van der Waals surface area (Å²) < 4.78 is 0. The largest absolute Gasteiger partial charge is 0.368 e. The van der Waals surface area contributed by atoms with Crippen LogP contribution >= 0.6 is 11.6 Å². The van der Waals surface area contributed by atoms with Crippen LogP contribution in [0.3, 0.4) is 0 Å². The quantitative estimate of drug-likeness (QED) is 0.872. The Balaban J connectivity index is 2.04. The van der Waals surface area contributed by atoms with Gasteiger partial charge in [0.1, 0.15) is 6.04 Å². The highest BCUT2D eigenvalue weighted by atomic mass is 35.5. The van der Waals surface area contributed by atoms with E-state index >= 15 is 0 Å². The molecule has 27 heavy (non-hydrogen) atoms. The second-order valence-electron chi connectivity index (χ2n) is 6.73. The van der Waals surface area contributed by atoms with Crippen molar-refractivity contribution in [2.75, 3.05) is 0 Å². The maximum Gasteiger partial charge on any atom is 0.240 e. The Morgan fingerprint density at radius 2 is 1.70 bits per heavy atom. The number of benzene rings is 2. The highest BCUT2D eigenvalue weighted by Crippen LogP contribution is 2.60. The number of fused-ring (bicyclic) bond motifs is 3. The molecular weight excluding hydrogens is 360 g/mol. The molecule has 3 unspecified atom stereocenters. The Hall–Kier alpha value is -3.28. The molecule has 2 aliphatic rings. The van der Waals surface area contributed by atoms with E-state index in [1.165, 1.54) is 0 Å². The van der Waals surface area contributed by atoms with Crippen LogP contribution in [0.4, 0.5) is 0 Å². The lowest BCUT2D eigenvalue weighted by molar-refractivity contribution is -0.122. The van der Waals surface area contributed by atoms with Crippen LogP contribution in [0.2, 0.25) is 5.02 Å². The zero-order valence-corrected chi connectivity index (χ0v) is 15.0. The van der Waals surface area contributed by atoms with Crippen LogP contribution < -0.4 is 5.73 Å². The van der Waals surface area contributed by atoms with Gasteiger partial charge < -0.3 is 10.6 Å². The summed E-state index contributed by atoms with van der Waals surface area (Å²) in [6.45, 7) is 0. The average Bonchev–Trinajstić information content (AvgIpc) is 2.99. The fourth-order valence-electron chi connectivity index (χ4n) is 4.39. The van der Waals surface area contributed by atoms with Crippen LogP contribution in [0, 0.1) is 28.1 Å². The zero-order valence-electron chi connectivity index (χ0n) is 14.2. The second-order valence-corrected chi connectivity index (χ2v) is 7.14. The van der Waals surface area contributed by atoms with Crippen LogP contribution in [-0.2, 0) is 4.79 Å². The van der Waals surface area contributed by atoms with Crippen molar-refractivity contribution in [2.45, 2.75) is 18.0 Å². The molecule has 0 aliphatic carbocycles. The normalized spacial score (nSPS) is 24.4. The number of nitrogens with zero attached hydrogens (tertiary/aromatic N) is 3. The minimum atomic E-state index is -1.52. The van der Waals surface area contributed by atoms with E-state index in [9.17, 15) is 15.3 Å². The minimum Gasteiger partial charge on any atom is -0.368 e. The lowest BCUT2D eigenvalue weighted by Gasteiger charge is -2.34. The van der Waals surface area contributed by atoms with Gasteiger partial charge in [0.15, 0.2) is 5.41 Å². The van der Waals surface area contributed by atoms with E-state index < -0.39 is 29.3 Å². The fraction of sp³-hybridized carbons (Fsp3) is 0.190. The molecular formula is C21H15ClN4O. The summed E-state index contributed by atoms with van der Waals surface area (Å²) in [6, 6.07) is 17.5. The lowest BCUT2D eigenvalue weighted by Crippen LogP contribution is -2.41. The van der Waals surface area contributed by atoms with E-state index in [0.717, 1.165) is 11.1 Å². The molecule has 5 nitrogen and oxygen atoms in total. The predicted molar refractivity (Wildman–Crippen MR) is 101 cm³/mol. The van der Waals surface area contributed by atoms with Crippen molar-refractivity contribution in [1.29, 1.82) is 10.5 Å². The number of nitriles is 2. The number of carbonyl (C=O) groups is 1. The van der Waals surface area contributed by atoms with E-state index in [-0.39, 0.29) is 0 Å². The number of hydrogen-bond acceptors (Lipinski definition) is 4. The average molecular weight is 375 g/mol. The van der Waals surface area contributed by atoms with E-state index in [4.69, 9.17) is 17.3 Å². The number of primary amides is 1. The van der Waals surface area contributed by atoms with E-state index in [0.29, 0.717) is 10.6 Å². The molecule has 1 fully saturated rings. The van der Waals surface area contributed by atoms with Crippen LogP contribution in [0.25, 0.3) is 6.08 Å². The molecule has 6 heteroatoms. The summed E-state index contributed by atoms with van der Waals surface area (Å²) in [7, 11) is 0. The third-order valence-corrected chi connectivity index (χ3v) is 5.82. The van der Waals surface area contributed by atoms with E-state index in [1.54, 1.807) is 35.4 Å². The fourth-order valence-corrected chi connectivity index (χ4v) is 4.64. The molecule has 1 amide bonds. The minimum absolute atomic E-state index is 0.403. The molecule has 0 radical (unpaired) electrons. The summed E-state index contributed by atoms with van der Waals surface area (Å²) in [5.41, 5.74) is 6.55. The molecule has 2 aromatic rings. The first-order chi connectivity index (χ1) is 13.0. The van der Waals surface area contributed by atoms with Crippen molar-refractivity contribution in [3.63, 3.8) is 0 Å². The molecule has 0 aromatic heterocycles. The topological polar surface area (TPSA) is 93.9 Å². The monoisotopic (exact) mass is 374 g/mol. The second kappa shape index (κ2) is 6.16. The summed E-state index contributed by atoms with van der Waals surface area (Å²) in [5, 5.41) is 20.8. The summed E-state index contributed by atoms with van der Waals surface area (Å²) in [4.78, 5) is 14.2. The summed E-state index contributed by atoms with van der Waals surface area (Å²) in [5.74, 6) is -1.37. The highest BCUT2D eigenvalue weighted by Gasteiger charge is 2.63. The molecule has 132 valence electrons. The number of carbonyl (C=O) groups excluding carboxylic acids is 1. The third-order valence-electron chi connectivity index (χ3n) is 5.48. The lowest BCUT2D eigenvalue weighted by atomic mass is 9.68. The predicted octanol–water partition coefficient (Wildman–Crippen LogP) is 3.35. The molecule has 2 N–H and O–H groups in total. The van der Waals surface area contributed by atoms with Crippen molar-refractivity contribution in [2.24, 2.45) is 11.1 Å². The van der Waals surface area contributed by atoms with Gasteiger partial charge in [-0.3, -0.25) is 4.79 Å². The number of amides is 1. The number of nitrogens with two attached hydrogens (primary N) is 1. The first-order valence-corrected chi connectivity index (χ1v) is 8.83. The Labute approximate surface area is 161 Å². The number of halogens is 1. The van der Waals surface area contributed by atoms with Crippen LogP contribution in [0.15, 0.2) is 54.7 Å². The van der Waals surface area contributed by atoms with Crippen molar-refractivity contribution in [3.05, 3.63) is 76.4 Å². The molecule has 0 saturated carbocycles. The molecule has 1 saturated heterocycles. The van der Waals surface area contributed by atoms with Gasteiger partial charge in [-0.2, -0.15) is 10.5 Å². The SMILES string of the molecule is N#CC1(C#N)C(c2ccccc2Cl)C(C(N)=O)N2C=Cc3ccccc3C21. The molecule has 2 aromatic carbocycles. The summed E-state index contributed by atoms with van der Waals surface area (Å²) >= 11 is 6.41. The van der Waals surface area contributed by atoms with Gasteiger partial charge in [0.2, 0.25) is 5.91 Å². The van der Waals surface area contributed by atoms with Crippen molar-refractivity contribution in [1.82, 2.24) is 4.90 Å². The van der Waals surface area contributed by atoms with E-state index in [1.807, 2.05) is 30.3 Å². The van der Waals surface area contributed by atoms with Crippen molar-refractivity contribution < 1.29 is 4.79 Å². The number of hydrogen-bond donors (Lipinski definition) is 1. The Morgan fingerprint density at radius 3 is 2.33 bits per heavy atom. The number of rotatable bonds is 2. The van der Waals surface area contributed by atoms with Gasteiger partial charge >= 0.3 is 0 Å². The molecule has 0 spiro atoms. The van der Waals surface area contributed by atoms with Gasteiger partial charge in [0, 0.05) is 17.1 Å². The van der Waals surface area contributed by atoms with Gasteiger partial charge in [0.05, 0.1) is 18.2 Å². The van der Waals surface area contributed by atoms with Gasteiger partial charge in [0.25, 0.3) is 0 Å². The highest BCUT2D eigenvalue weighted by molar-refractivity contribution is 6.31. The van der Waals surface area contributed by atoms with Gasteiger partial charge in [-0.15, -0.1) is 0 Å². The van der Waals surface area contributed by atoms with Crippen LogP contribution in [-0.4, -0.2) is 16.8 Å². The Kier molecular flexibility index (Phi) is 3.91. The molecule has 0 bridgehead atoms. The molecule has 3 atom stereocenters. The maximum absolute atomic E-state index is 12.5. The smallest absolute Gasteiger partial charge is 0.240 e. The summed E-state index contributed by atoms with van der Waals surface area (Å²) in [6.07, 6.45) is 3.62. The standard InChI is InChI=1S/C21H15ClN4O/c22-16-8-4-3-7-15(16)17-18(20(25)27)26-10-9-13-5-1-2-6-14(13)19(26)21(17,11-23)12-24/h1-10,17-19H,(H2,25,27). The van der Waals surface area contributed by atoms with E-state index in [2.05, 4.69) is 12.1 Å². The molecule has 2 aliphatic heterocycles. The van der Waals surface area contributed by atoms with Gasteiger partial charge in [-0.1, -0.05) is 54.1 Å². The van der Waals surface area contributed by atoms with Gasteiger partial charge in [-0.25, -0.2) is 0 Å². The third kappa shape index (κ3) is 2.26. The molecule has 4 rings (SSSR count). The first-order valence-electron chi connectivity index (χ1n) is 8.46. The molecule has 2 heterocycles. The first kappa shape index (κ1) is 17.1. The zero-order chi connectivity index (χ0) is 19.2.